The molecule has 0 bridgehead atoms. The highest BCUT2D eigenvalue weighted by molar-refractivity contribution is 5.89. The fourth-order valence-corrected chi connectivity index (χ4v) is 4.87. The smallest absolute Gasteiger partial charge is 0.407 e. The van der Waals surface area contributed by atoms with Crippen LogP contribution in [-0.4, -0.2) is 81.8 Å². The van der Waals surface area contributed by atoms with Crippen molar-refractivity contribution in [3.63, 3.8) is 0 Å². The first-order valence-corrected chi connectivity index (χ1v) is 12.3. The predicted molar refractivity (Wildman–Crippen MR) is 134 cm³/mol. The highest BCUT2D eigenvalue weighted by Crippen LogP contribution is 2.35. The molecule has 2 aliphatic rings. The van der Waals surface area contributed by atoms with Gasteiger partial charge in [-0.25, -0.2) is 9.59 Å². The van der Waals surface area contributed by atoms with Gasteiger partial charge in [0.05, 0.1) is 44.2 Å². The van der Waals surface area contributed by atoms with Crippen LogP contribution in [0.25, 0.3) is 0 Å². The van der Waals surface area contributed by atoms with Gasteiger partial charge in [0.2, 0.25) is 0 Å². The molecule has 9 heteroatoms. The first kappa shape index (κ1) is 25.8. The molecule has 194 valence electrons. The van der Waals surface area contributed by atoms with Gasteiger partial charge in [-0.2, -0.15) is 0 Å². The van der Waals surface area contributed by atoms with E-state index in [1.807, 2.05) is 24.3 Å². The van der Waals surface area contributed by atoms with E-state index in [0.717, 1.165) is 42.1 Å². The summed E-state index contributed by atoms with van der Waals surface area (Å²) in [7, 11) is 3.06. The maximum atomic E-state index is 11.8. The number of carbonyl (C=O) groups is 2. The second-order valence-corrected chi connectivity index (χ2v) is 9.07. The number of hydrogen-bond donors (Lipinski definition) is 1. The lowest BCUT2D eigenvalue weighted by molar-refractivity contribution is -0.0199. The van der Waals surface area contributed by atoms with Gasteiger partial charge in [0.25, 0.3) is 0 Å². The van der Waals surface area contributed by atoms with Crippen LogP contribution >= 0.6 is 0 Å². The van der Waals surface area contributed by atoms with Crippen LogP contribution in [-0.2, 0) is 20.8 Å². The lowest BCUT2D eigenvalue weighted by Gasteiger charge is -2.37. The summed E-state index contributed by atoms with van der Waals surface area (Å²) in [4.78, 5) is 27.2. The first-order chi connectivity index (χ1) is 17.5. The Hall–Kier alpha value is -3.30. The summed E-state index contributed by atoms with van der Waals surface area (Å²) in [5.41, 5.74) is 3.54. The van der Waals surface area contributed by atoms with E-state index in [9.17, 15) is 14.7 Å². The molecule has 1 amide bonds. The van der Waals surface area contributed by atoms with E-state index in [0.29, 0.717) is 38.3 Å². The van der Waals surface area contributed by atoms with Crippen LogP contribution in [0.2, 0.25) is 0 Å². The van der Waals surface area contributed by atoms with E-state index in [4.69, 9.17) is 18.9 Å². The van der Waals surface area contributed by atoms with E-state index in [1.165, 1.54) is 12.0 Å². The number of methoxy groups -OCH3 is 2. The molecule has 2 aromatic rings. The van der Waals surface area contributed by atoms with Gasteiger partial charge in [-0.3, -0.25) is 0 Å². The van der Waals surface area contributed by atoms with Crippen molar-refractivity contribution in [3.05, 3.63) is 59.2 Å². The van der Waals surface area contributed by atoms with Gasteiger partial charge in [0.1, 0.15) is 12.4 Å². The molecule has 0 spiro atoms. The van der Waals surface area contributed by atoms with Gasteiger partial charge in [0.15, 0.2) is 0 Å². The van der Waals surface area contributed by atoms with Crippen LogP contribution in [0.15, 0.2) is 42.5 Å². The summed E-state index contributed by atoms with van der Waals surface area (Å²) < 4.78 is 22.2. The lowest BCUT2D eigenvalue weighted by atomic mass is 9.86. The number of likely N-dealkylation sites (tertiary alicyclic amines) is 1. The molecule has 0 aromatic heterocycles. The minimum absolute atomic E-state index is 0.0128. The average Bonchev–Trinajstić information content (AvgIpc) is 2.91. The highest BCUT2D eigenvalue weighted by Gasteiger charge is 2.33. The van der Waals surface area contributed by atoms with E-state index in [1.54, 1.807) is 19.2 Å². The number of fused-ring (bicyclic) bond motifs is 1. The number of carbonyl (C=O) groups excluding carboxylic acids is 1. The molecule has 1 saturated heterocycles. The number of amides is 1. The van der Waals surface area contributed by atoms with Gasteiger partial charge in [-0.1, -0.05) is 18.2 Å². The molecule has 4 rings (SSSR count). The van der Waals surface area contributed by atoms with Crippen LogP contribution < -0.4 is 9.64 Å². The molecule has 9 nitrogen and oxygen atoms in total. The van der Waals surface area contributed by atoms with Gasteiger partial charge in [-0.05, 0) is 48.2 Å². The number of nitrogens with zero attached hydrogens (tertiary/aromatic N) is 2. The van der Waals surface area contributed by atoms with E-state index < -0.39 is 6.09 Å². The Morgan fingerprint density at radius 2 is 1.92 bits per heavy atom. The van der Waals surface area contributed by atoms with Gasteiger partial charge >= 0.3 is 12.1 Å². The summed E-state index contributed by atoms with van der Waals surface area (Å²) in [6.07, 6.45) is 0.310. The molecule has 1 fully saturated rings. The van der Waals surface area contributed by atoms with Crippen molar-refractivity contribution in [2.24, 2.45) is 0 Å². The molecule has 2 aliphatic heterocycles. The standard InChI is InChI=1S/C27H34N2O7/c1-33-14-3-11-28-13-15-35-24-9-4-19(16-23(24)28)18-36-25-17-29(27(31)32)12-10-22(25)20-5-7-21(8-6-20)26(30)34-2/h4-9,16,22,25H,3,10-15,17-18H2,1-2H3,(H,31,32). The van der Waals surface area contributed by atoms with Gasteiger partial charge in [0, 0.05) is 32.7 Å². The zero-order chi connectivity index (χ0) is 25.5. The molecule has 2 atom stereocenters. The molecule has 1 N–H and O–H groups in total. The van der Waals surface area contributed by atoms with Gasteiger partial charge < -0.3 is 33.9 Å². The minimum atomic E-state index is -0.944. The summed E-state index contributed by atoms with van der Waals surface area (Å²) in [5.74, 6) is 0.488. The maximum Gasteiger partial charge on any atom is 0.407 e. The van der Waals surface area contributed by atoms with Crippen LogP contribution in [0.3, 0.4) is 0 Å². The molecule has 36 heavy (non-hydrogen) atoms. The molecule has 0 saturated carbocycles. The Kier molecular flexibility index (Phi) is 8.66. The quantitative estimate of drug-likeness (QED) is 0.412. The number of piperidine rings is 1. The van der Waals surface area contributed by atoms with Crippen LogP contribution in [0.4, 0.5) is 10.5 Å². The second kappa shape index (κ2) is 12.1. The van der Waals surface area contributed by atoms with Crippen LogP contribution in [0.1, 0.15) is 40.2 Å². The van der Waals surface area contributed by atoms with E-state index >= 15 is 0 Å². The molecule has 0 radical (unpaired) electrons. The third-order valence-electron chi connectivity index (χ3n) is 6.81. The summed E-state index contributed by atoms with van der Waals surface area (Å²) >= 11 is 0. The molecule has 2 unspecified atom stereocenters. The number of esters is 1. The number of rotatable bonds is 9. The lowest BCUT2D eigenvalue weighted by Crippen LogP contribution is -2.46. The number of carboxylic acid groups (broad SMARTS) is 1. The molecule has 2 aromatic carbocycles. The predicted octanol–water partition coefficient (Wildman–Crippen LogP) is 3.76. The SMILES string of the molecule is COCCCN1CCOc2ccc(COC3CN(C(=O)O)CCC3c3ccc(C(=O)OC)cc3)cc21. The molecular weight excluding hydrogens is 464 g/mol. The largest absolute Gasteiger partial charge is 0.490 e. The van der Waals surface area contributed by atoms with Gasteiger partial charge in [-0.15, -0.1) is 0 Å². The molecule has 0 aliphatic carbocycles. The fraction of sp³-hybridized carbons (Fsp3) is 0.481. The Morgan fingerprint density at radius 3 is 2.64 bits per heavy atom. The molecular formula is C27H34N2O7. The Labute approximate surface area is 211 Å². The Morgan fingerprint density at radius 1 is 1.11 bits per heavy atom. The second-order valence-electron chi connectivity index (χ2n) is 9.07. The summed E-state index contributed by atoms with van der Waals surface area (Å²) in [5, 5.41) is 9.56. The Balaban J connectivity index is 1.48. The van der Waals surface area contributed by atoms with E-state index in [-0.39, 0.29) is 24.5 Å². The van der Waals surface area contributed by atoms with Crippen molar-refractivity contribution in [2.45, 2.75) is 31.5 Å². The third-order valence-corrected chi connectivity index (χ3v) is 6.81. The van der Waals surface area contributed by atoms with Crippen LogP contribution in [0, 0.1) is 0 Å². The monoisotopic (exact) mass is 498 g/mol. The highest BCUT2D eigenvalue weighted by atomic mass is 16.5. The molecule has 2 heterocycles. The number of anilines is 1. The van der Waals surface area contributed by atoms with E-state index in [2.05, 4.69) is 11.0 Å². The van der Waals surface area contributed by atoms with Crippen molar-refractivity contribution < 1.29 is 33.6 Å². The average molecular weight is 499 g/mol. The normalized spacial score (nSPS) is 19.4. The zero-order valence-corrected chi connectivity index (χ0v) is 20.9. The number of hydrogen-bond acceptors (Lipinski definition) is 7. The van der Waals surface area contributed by atoms with Crippen molar-refractivity contribution in [1.29, 1.82) is 0 Å². The van der Waals surface area contributed by atoms with Crippen LogP contribution in [0.5, 0.6) is 5.75 Å². The minimum Gasteiger partial charge on any atom is -0.490 e. The fourth-order valence-electron chi connectivity index (χ4n) is 4.87. The third kappa shape index (κ3) is 6.09. The zero-order valence-electron chi connectivity index (χ0n) is 20.9. The van der Waals surface area contributed by atoms with Crippen molar-refractivity contribution in [1.82, 2.24) is 4.90 Å². The Bertz CT molecular complexity index is 1040. The number of ether oxygens (including phenoxy) is 4. The summed E-state index contributed by atoms with van der Waals surface area (Å²) in [6.45, 7) is 4.14. The van der Waals surface area contributed by atoms with Crippen molar-refractivity contribution in [2.75, 3.05) is 58.5 Å². The number of benzene rings is 2. The maximum absolute atomic E-state index is 11.8. The van der Waals surface area contributed by atoms with Crippen molar-refractivity contribution >= 4 is 17.7 Å². The first-order valence-electron chi connectivity index (χ1n) is 12.3. The van der Waals surface area contributed by atoms with Crippen molar-refractivity contribution in [3.8, 4) is 5.75 Å². The summed E-state index contributed by atoms with van der Waals surface area (Å²) in [6, 6.07) is 13.3. The topological polar surface area (TPSA) is 97.8 Å².